The van der Waals surface area contributed by atoms with E-state index in [-0.39, 0.29) is 11.4 Å². The Bertz CT molecular complexity index is 590. The summed E-state index contributed by atoms with van der Waals surface area (Å²) in [5, 5.41) is 8.75. The SMILES string of the molecule is COc1cccc(-c2ccnc(C#N)c2)c1F. The summed E-state index contributed by atoms with van der Waals surface area (Å²) >= 11 is 0. The van der Waals surface area contributed by atoms with Gasteiger partial charge in [0.05, 0.1) is 7.11 Å². The third kappa shape index (κ3) is 2.08. The van der Waals surface area contributed by atoms with Gasteiger partial charge in [-0.05, 0) is 23.8 Å². The molecule has 0 atom stereocenters. The topological polar surface area (TPSA) is 45.9 Å². The molecule has 0 aliphatic rings. The van der Waals surface area contributed by atoms with Crippen molar-refractivity contribution in [3.8, 4) is 22.9 Å². The van der Waals surface area contributed by atoms with Gasteiger partial charge < -0.3 is 4.74 Å². The third-order valence-corrected chi connectivity index (χ3v) is 2.37. The number of nitriles is 1. The zero-order valence-corrected chi connectivity index (χ0v) is 9.14. The molecular formula is C13H9FN2O. The van der Waals surface area contributed by atoms with Crippen LogP contribution in [-0.4, -0.2) is 12.1 Å². The van der Waals surface area contributed by atoms with Crippen LogP contribution in [0, 0.1) is 17.1 Å². The second-order valence-electron chi connectivity index (χ2n) is 3.36. The molecule has 0 radical (unpaired) electrons. The Morgan fingerprint density at radius 3 is 2.88 bits per heavy atom. The van der Waals surface area contributed by atoms with Gasteiger partial charge in [0, 0.05) is 11.8 Å². The third-order valence-electron chi connectivity index (χ3n) is 2.37. The van der Waals surface area contributed by atoms with Gasteiger partial charge >= 0.3 is 0 Å². The average Bonchev–Trinajstić information content (AvgIpc) is 2.39. The van der Waals surface area contributed by atoms with E-state index in [1.165, 1.54) is 19.4 Å². The Labute approximate surface area is 98.1 Å². The fourth-order valence-corrected chi connectivity index (χ4v) is 1.55. The van der Waals surface area contributed by atoms with Gasteiger partial charge in [-0.2, -0.15) is 5.26 Å². The first kappa shape index (κ1) is 11.1. The summed E-state index contributed by atoms with van der Waals surface area (Å²) in [5.41, 5.74) is 1.25. The quantitative estimate of drug-likeness (QED) is 0.793. The molecule has 0 bridgehead atoms. The molecular weight excluding hydrogens is 219 g/mol. The second kappa shape index (κ2) is 4.62. The number of rotatable bonds is 2. The van der Waals surface area contributed by atoms with Crippen LogP contribution < -0.4 is 4.74 Å². The smallest absolute Gasteiger partial charge is 0.172 e. The predicted octanol–water partition coefficient (Wildman–Crippen LogP) is 2.77. The highest BCUT2D eigenvalue weighted by Crippen LogP contribution is 2.28. The molecule has 84 valence electrons. The molecule has 0 aliphatic heterocycles. The van der Waals surface area contributed by atoms with Crippen molar-refractivity contribution in [3.05, 3.63) is 48.0 Å². The zero-order valence-electron chi connectivity index (χ0n) is 9.14. The summed E-state index contributed by atoms with van der Waals surface area (Å²) in [7, 11) is 1.41. The van der Waals surface area contributed by atoms with Gasteiger partial charge in [-0.3, -0.25) is 0 Å². The number of hydrogen-bond donors (Lipinski definition) is 0. The zero-order chi connectivity index (χ0) is 12.3. The lowest BCUT2D eigenvalue weighted by Gasteiger charge is -2.07. The maximum absolute atomic E-state index is 14.0. The van der Waals surface area contributed by atoms with Crippen molar-refractivity contribution in [2.24, 2.45) is 0 Å². The molecule has 0 amide bonds. The van der Waals surface area contributed by atoms with Crippen LogP contribution in [0.3, 0.4) is 0 Å². The molecule has 1 aromatic carbocycles. The van der Waals surface area contributed by atoms with Crippen LogP contribution in [0.25, 0.3) is 11.1 Å². The number of halogens is 1. The largest absolute Gasteiger partial charge is 0.494 e. The van der Waals surface area contributed by atoms with Crippen LogP contribution in [0.15, 0.2) is 36.5 Å². The van der Waals surface area contributed by atoms with Crippen molar-refractivity contribution >= 4 is 0 Å². The predicted molar refractivity (Wildman–Crippen MR) is 60.9 cm³/mol. The standard InChI is InChI=1S/C13H9FN2O/c1-17-12-4-2-3-11(13(12)14)9-5-6-16-10(7-9)8-15/h2-7H,1H3. The molecule has 0 unspecified atom stereocenters. The van der Waals surface area contributed by atoms with Crippen LogP contribution in [0.1, 0.15) is 5.69 Å². The van der Waals surface area contributed by atoms with Crippen LogP contribution >= 0.6 is 0 Å². The summed E-state index contributed by atoms with van der Waals surface area (Å²) in [6.45, 7) is 0. The number of benzene rings is 1. The van der Waals surface area contributed by atoms with Crippen molar-refractivity contribution in [1.82, 2.24) is 4.98 Å². The summed E-state index contributed by atoms with van der Waals surface area (Å²) in [6.07, 6.45) is 1.48. The number of aromatic nitrogens is 1. The number of hydrogen-bond acceptors (Lipinski definition) is 3. The average molecular weight is 228 g/mol. The van der Waals surface area contributed by atoms with E-state index >= 15 is 0 Å². The molecule has 0 N–H and O–H groups in total. The second-order valence-corrected chi connectivity index (χ2v) is 3.36. The van der Waals surface area contributed by atoms with Crippen LogP contribution in [0.2, 0.25) is 0 Å². The molecule has 1 aromatic heterocycles. The van der Waals surface area contributed by atoms with Crippen molar-refractivity contribution in [2.45, 2.75) is 0 Å². The minimum absolute atomic E-state index is 0.179. The maximum atomic E-state index is 14.0. The van der Waals surface area contributed by atoms with Gasteiger partial charge in [0.2, 0.25) is 0 Å². The Morgan fingerprint density at radius 1 is 1.35 bits per heavy atom. The summed E-state index contributed by atoms with van der Waals surface area (Å²) in [4.78, 5) is 3.84. The lowest BCUT2D eigenvalue weighted by atomic mass is 10.1. The van der Waals surface area contributed by atoms with Gasteiger partial charge in [0.15, 0.2) is 11.6 Å². The van der Waals surface area contributed by atoms with Crippen molar-refractivity contribution in [1.29, 1.82) is 5.26 Å². The molecule has 0 aliphatic carbocycles. The van der Waals surface area contributed by atoms with Crippen molar-refractivity contribution < 1.29 is 9.13 Å². The molecule has 0 saturated heterocycles. The molecule has 17 heavy (non-hydrogen) atoms. The minimum atomic E-state index is -0.440. The van der Waals surface area contributed by atoms with E-state index in [2.05, 4.69) is 4.98 Å². The van der Waals surface area contributed by atoms with Crippen molar-refractivity contribution in [3.63, 3.8) is 0 Å². The van der Waals surface area contributed by atoms with Crippen LogP contribution in [-0.2, 0) is 0 Å². The van der Waals surface area contributed by atoms with Gasteiger partial charge in [-0.15, -0.1) is 0 Å². The molecule has 0 spiro atoms. The highest BCUT2D eigenvalue weighted by molar-refractivity contribution is 5.66. The lowest BCUT2D eigenvalue weighted by Crippen LogP contribution is -1.92. The Morgan fingerprint density at radius 2 is 2.18 bits per heavy atom. The van der Waals surface area contributed by atoms with Crippen LogP contribution in [0.4, 0.5) is 4.39 Å². The minimum Gasteiger partial charge on any atom is -0.494 e. The van der Waals surface area contributed by atoms with Gasteiger partial charge in [0.25, 0.3) is 0 Å². The Balaban J connectivity index is 2.57. The molecule has 1 heterocycles. The van der Waals surface area contributed by atoms with Crippen LogP contribution in [0.5, 0.6) is 5.75 Å². The van der Waals surface area contributed by atoms with Gasteiger partial charge in [0.1, 0.15) is 11.8 Å². The number of pyridine rings is 1. The summed E-state index contributed by atoms with van der Waals surface area (Å²) in [6, 6.07) is 9.99. The number of methoxy groups -OCH3 is 1. The van der Waals surface area contributed by atoms with E-state index in [4.69, 9.17) is 10.00 Å². The molecule has 4 heteroatoms. The monoisotopic (exact) mass is 228 g/mol. The molecule has 0 fully saturated rings. The summed E-state index contributed by atoms with van der Waals surface area (Å²) in [5.74, 6) is -0.261. The maximum Gasteiger partial charge on any atom is 0.172 e. The van der Waals surface area contributed by atoms with E-state index in [1.54, 1.807) is 24.3 Å². The van der Waals surface area contributed by atoms with Crippen molar-refractivity contribution in [2.75, 3.05) is 7.11 Å². The first-order valence-corrected chi connectivity index (χ1v) is 4.95. The molecule has 3 nitrogen and oxygen atoms in total. The highest BCUT2D eigenvalue weighted by Gasteiger charge is 2.10. The first-order valence-electron chi connectivity index (χ1n) is 4.95. The van der Waals surface area contributed by atoms with Gasteiger partial charge in [-0.1, -0.05) is 12.1 Å². The van der Waals surface area contributed by atoms with E-state index in [1.807, 2.05) is 6.07 Å². The Hall–Kier alpha value is -2.41. The van der Waals surface area contributed by atoms with Gasteiger partial charge in [-0.25, -0.2) is 9.37 Å². The van der Waals surface area contributed by atoms with E-state index in [0.29, 0.717) is 11.1 Å². The number of nitrogens with zero attached hydrogens (tertiary/aromatic N) is 2. The normalized spacial score (nSPS) is 9.71. The molecule has 0 saturated carbocycles. The first-order chi connectivity index (χ1) is 8.26. The molecule has 2 aromatic rings. The van der Waals surface area contributed by atoms with E-state index in [9.17, 15) is 4.39 Å². The lowest BCUT2D eigenvalue weighted by molar-refractivity contribution is 0.387. The Kier molecular flexibility index (Phi) is 3.01. The highest BCUT2D eigenvalue weighted by atomic mass is 19.1. The molecule has 2 rings (SSSR count). The van der Waals surface area contributed by atoms with E-state index in [0.717, 1.165) is 0 Å². The fraction of sp³-hybridized carbons (Fsp3) is 0.0769. The number of ether oxygens (including phenoxy) is 1. The van der Waals surface area contributed by atoms with E-state index < -0.39 is 5.82 Å². The summed E-state index contributed by atoms with van der Waals surface area (Å²) < 4.78 is 18.9. The fourth-order valence-electron chi connectivity index (χ4n) is 1.55.